The highest BCUT2D eigenvalue weighted by molar-refractivity contribution is 6.27. The summed E-state index contributed by atoms with van der Waals surface area (Å²) in [5.74, 6) is 0. The van der Waals surface area contributed by atoms with E-state index in [0.29, 0.717) is 32.9 Å². The van der Waals surface area contributed by atoms with Gasteiger partial charge in [0.1, 0.15) is 11.2 Å². The summed E-state index contributed by atoms with van der Waals surface area (Å²) in [6.45, 7) is 0. The number of benzene rings is 10. The van der Waals surface area contributed by atoms with E-state index in [9.17, 15) is 5.48 Å². The van der Waals surface area contributed by atoms with Crippen molar-refractivity contribution in [3.63, 3.8) is 0 Å². The van der Waals surface area contributed by atoms with Crippen LogP contribution in [-0.4, -0.2) is 0 Å². The van der Waals surface area contributed by atoms with E-state index in [0.717, 1.165) is 33.6 Å². The summed E-state index contributed by atoms with van der Waals surface area (Å²) in [5, 5.41) is 1.66. The molecule has 0 saturated heterocycles. The van der Waals surface area contributed by atoms with Crippen LogP contribution in [0.3, 0.4) is 0 Å². The zero-order valence-corrected chi connectivity index (χ0v) is 28.6. The lowest BCUT2D eigenvalue weighted by molar-refractivity contribution is 0.672. The smallest absolute Gasteiger partial charge is 0.143 e. The van der Waals surface area contributed by atoms with Crippen LogP contribution in [0.2, 0.25) is 0 Å². The van der Waals surface area contributed by atoms with Gasteiger partial charge in [0.05, 0.1) is 26.2 Å². The normalized spacial score (nSPS) is 14.6. The molecule has 0 atom stereocenters. The zero-order chi connectivity index (χ0) is 45.2. The van der Waals surface area contributed by atoms with Crippen LogP contribution < -0.4 is 4.90 Å². The lowest BCUT2D eigenvalue weighted by Gasteiger charge is -2.26. The molecule has 0 aliphatic rings. The largest absolute Gasteiger partial charge is 0.455 e. The fourth-order valence-electron chi connectivity index (χ4n) is 7.75. The Hall–Kier alpha value is -7.16. The maximum Gasteiger partial charge on any atom is 0.143 e. The van der Waals surface area contributed by atoms with E-state index in [4.69, 9.17) is 14.0 Å². The summed E-state index contributed by atoms with van der Waals surface area (Å²) < 4.78 is 107. The summed E-state index contributed by atoms with van der Waals surface area (Å²) in [6, 6.07) is 37.8. The quantitative estimate of drug-likeness (QED) is 0.166. The Morgan fingerprint density at radius 2 is 0.981 bits per heavy atom. The molecule has 10 aromatic carbocycles. The molecule has 0 aliphatic heterocycles. The standard InChI is InChI=1S/C52H33NO/c1-3-14-34(15-4-1)35-26-29-38(30-27-35)53(37-16-5-2-6-17-37)49-24-13-25-50-51(49)48-33-46(43-22-11-12-23-45(43)52(48)54-50)36-28-31-44-41-20-8-7-18-39(41)40-19-9-10-21-42(40)47(44)32-36/h1-33H/i7D,8D,9D,10D,18D,19D,20D,21D,28D,31D,32D. The Kier molecular flexibility index (Phi) is 4.84. The van der Waals surface area contributed by atoms with Crippen LogP contribution in [0, 0.1) is 0 Å². The summed E-state index contributed by atoms with van der Waals surface area (Å²) in [7, 11) is 0. The Morgan fingerprint density at radius 3 is 1.69 bits per heavy atom. The second-order valence-electron chi connectivity index (χ2n) is 13.2. The summed E-state index contributed by atoms with van der Waals surface area (Å²) in [5.41, 5.74) is 6.27. The van der Waals surface area contributed by atoms with Crippen LogP contribution in [-0.2, 0) is 0 Å². The van der Waals surface area contributed by atoms with Gasteiger partial charge >= 0.3 is 0 Å². The van der Waals surface area contributed by atoms with Crippen LogP contribution in [0.4, 0.5) is 17.1 Å². The summed E-state index contributed by atoms with van der Waals surface area (Å²) in [6.07, 6.45) is 0. The molecular weight excluding hydrogens is 655 g/mol. The van der Waals surface area contributed by atoms with E-state index in [2.05, 4.69) is 41.3 Å². The average molecular weight is 699 g/mol. The van der Waals surface area contributed by atoms with Crippen molar-refractivity contribution in [2.75, 3.05) is 4.90 Å². The van der Waals surface area contributed by atoms with Gasteiger partial charge in [-0.25, -0.2) is 0 Å². The van der Waals surface area contributed by atoms with Crippen molar-refractivity contribution in [1.82, 2.24) is 0 Å². The highest BCUT2D eigenvalue weighted by Gasteiger charge is 2.22. The van der Waals surface area contributed by atoms with E-state index < -0.39 is 60.4 Å². The third-order valence-corrected chi connectivity index (χ3v) is 10.2. The van der Waals surface area contributed by atoms with Gasteiger partial charge in [0.15, 0.2) is 0 Å². The lowest BCUT2D eigenvalue weighted by Crippen LogP contribution is -2.10. The van der Waals surface area contributed by atoms with Gasteiger partial charge in [-0.05, 0) is 108 Å². The van der Waals surface area contributed by atoms with Gasteiger partial charge in [0, 0.05) is 22.1 Å². The first kappa shape index (κ1) is 21.4. The molecule has 0 saturated carbocycles. The highest BCUT2D eigenvalue weighted by atomic mass is 16.3. The Labute approximate surface area is 328 Å². The number of hydrogen-bond donors (Lipinski definition) is 0. The van der Waals surface area contributed by atoms with Gasteiger partial charge in [0.25, 0.3) is 0 Å². The first-order valence-corrected chi connectivity index (χ1v) is 17.6. The van der Waals surface area contributed by atoms with Crippen LogP contribution in [0.1, 0.15) is 15.1 Å². The molecule has 252 valence electrons. The van der Waals surface area contributed by atoms with Gasteiger partial charge in [0.2, 0.25) is 0 Å². The van der Waals surface area contributed by atoms with Gasteiger partial charge in [-0.2, -0.15) is 0 Å². The van der Waals surface area contributed by atoms with E-state index >= 15 is 0 Å². The Bertz CT molecular complexity index is 3790. The van der Waals surface area contributed by atoms with Crippen LogP contribution in [0.25, 0.3) is 87.3 Å². The minimum Gasteiger partial charge on any atom is -0.455 e. The van der Waals surface area contributed by atoms with Crippen molar-refractivity contribution in [1.29, 1.82) is 0 Å². The van der Waals surface area contributed by atoms with Crippen molar-refractivity contribution in [3.05, 3.63) is 200 Å². The zero-order valence-electron chi connectivity index (χ0n) is 39.6. The number of rotatable bonds is 5. The van der Waals surface area contributed by atoms with Crippen molar-refractivity contribution >= 4 is 82.1 Å². The van der Waals surface area contributed by atoms with Crippen LogP contribution >= 0.6 is 0 Å². The number of anilines is 3. The molecule has 0 bridgehead atoms. The number of para-hydroxylation sites is 1. The highest BCUT2D eigenvalue weighted by Crippen LogP contribution is 2.47. The average Bonchev–Trinajstić information content (AvgIpc) is 3.72. The van der Waals surface area contributed by atoms with Crippen molar-refractivity contribution in [2.45, 2.75) is 0 Å². The number of furan rings is 1. The predicted molar refractivity (Wildman–Crippen MR) is 229 cm³/mol. The van der Waals surface area contributed by atoms with E-state index in [1.807, 2.05) is 97.1 Å². The molecule has 0 N–H and O–H groups in total. The maximum atomic E-state index is 10.0. The predicted octanol–water partition coefficient (Wildman–Crippen LogP) is 15.0. The summed E-state index contributed by atoms with van der Waals surface area (Å²) >= 11 is 0. The molecule has 2 nitrogen and oxygen atoms in total. The number of fused-ring (bicyclic) bond motifs is 11. The third kappa shape index (κ3) is 4.74. The molecule has 1 aromatic heterocycles. The fourth-order valence-corrected chi connectivity index (χ4v) is 7.75. The minimum absolute atomic E-state index is 0.0118. The molecule has 0 unspecified atom stereocenters. The fraction of sp³-hybridized carbons (Fsp3) is 0. The molecule has 0 aliphatic carbocycles. The Morgan fingerprint density at radius 1 is 0.407 bits per heavy atom. The molecule has 1 heterocycles. The molecule has 0 fully saturated rings. The minimum atomic E-state index is -0.614. The van der Waals surface area contributed by atoms with Crippen molar-refractivity contribution in [3.8, 4) is 22.3 Å². The van der Waals surface area contributed by atoms with Crippen molar-refractivity contribution < 1.29 is 19.5 Å². The third-order valence-electron chi connectivity index (χ3n) is 10.2. The van der Waals surface area contributed by atoms with Crippen molar-refractivity contribution in [2.24, 2.45) is 0 Å². The molecule has 11 rings (SSSR count). The van der Waals surface area contributed by atoms with E-state index in [1.54, 1.807) is 0 Å². The monoisotopic (exact) mass is 698 g/mol. The van der Waals surface area contributed by atoms with Gasteiger partial charge in [-0.1, -0.05) is 151 Å². The molecule has 54 heavy (non-hydrogen) atoms. The van der Waals surface area contributed by atoms with Crippen LogP contribution in [0.5, 0.6) is 0 Å². The van der Waals surface area contributed by atoms with Gasteiger partial charge in [-0.3, -0.25) is 0 Å². The van der Waals surface area contributed by atoms with Gasteiger partial charge < -0.3 is 9.32 Å². The number of nitrogens with zero attached hydrogens (tertiary/aromatic N) is 1. The lowest BCUT2D eigenvalue weighted by atomic mass is 9.90. The second kappa shape index (κ2) is 12.2. The molecule has 0 amide bonds. The number of hydrogen-bond acceptors (Lipinski definition) is 2. The topological polar surface area (TPSA) is 16.4 Å². The molecule has 0 spiro atoms. The van der Waals surface area contributed by atoms with Gasteiger partial charge in [-0.15, -0.1) is 0 Å². The first-order valence-electron chi connectivity index (χ1n) is 23.1. The maximum absolute atomic E-state index is 10.0. The van der Waals surface area contributed by atoms with E-state index in [-0.39, 0.29) is 43.9 Å². The van der Waals surface area contributed by atoms with E-state index in [1.165, 1.54) is 0 Å². The Balaban J connectivity index is 1.26. The molecule has 2 heteroatoms. The molecule has 11 aromatic rings. The molecular formula is C52H33NO. The summed E-state index contributed by atoms with van der Waals surface area (Å²) in [4.78, 5) is 2.15. The second-order valence-corrected chi connectivity index (χ2v) is 13.2. The van der Waals surface area contributed by atoms with Crippen LogP contribution in [0.15, 0.2) is 204 Å². The first-order chi connectivity index (χ1) is 31.4. The molecule has 0 radical (unpaired) electrons. The SMILES string of the molecule is [2H]c1c([2H])c([2H])c2c(c1[2H])c1c([2H])c([2H])c([2H])c([2H])c1c1c([2H])c(-c3cc4c(oc5cccc(N(c6ccccc6)c6ccc(-c7ccccc7)cc6)c54)c4ccccc34)c([2H])c([2H])c21.